The zero-order valence-corrected chi connectivity index (χ0v) is 11.5. The highest BCUT2D eigenvalue weighted by Gasteiger charge is 2.14. The van der Waals surface area contributed by atoms with Crippen molar-refractivity contribution in [3.8, 4) is 11.1 Å². The molecule has 0 aliphatic heterocycles. The van der Waals surface area contributed by atoms with Crippen molar-refractivity contribution in [2.24, 2.45) is 0 Å². The SMILES string of the molecule is CCNC(=O)c1cccc(-c2cnc(N)cc2C(=O)O)c1. The molecule has 0 fully saturated rings. The summed E-state index contributed by atoms with van der Waals surface area (Å²) in [7, 11) is 0. The quantitative estimate of drug-likeness (QED) is 0.794. The summed E-state index contributed by atoms with van der Waals surface area (Å²) in [4.78, 5) is 27.1. The Morgan fingerprint density at radius 1 is 1.33 bits per heavy atom. The number of nitrogens with zero attached hydrogens (tertiary/aromatic N) is 1. The van der Waals surface area contributed by atoms with Crippen LogP contribution in [0.25, 0.3) is 11.1 Å². The summed E-state index contributed by atoms with van der Waals surface area (Å²) in [6.45, 7) is 2.35. The van der Waals surface area contributed by atoms with Gasteiger partial charge in [0.1, 0.15) is 5.82 Å². The smallest absolute Gasteiger partial charge is 0.336 e. The molecule has 0 saturated heterocycles. The highest BCUT2D eigenvalue weighted by molar-refractivity contribution is 5.99. The fourth-order valence-electron chi connectivity index (χ4n) is 1.97. The number of amides is 1. The normalized spacial score (nSPS) is 10.1. The Kier molecular flexibility index (Phi) is 4.18. The fraction of sp³-hybridized carbons (Fsp3) is 0.133. The fourth-order valence-corrected chi connectivity index (χ4v) is 1.97. The molecule has 1 heterocycles. The van der Waals surface area contributed by atoms with Crippen LogP contribution in [0, 0.1) is 0 Å². The van der Waals surface area contributed by atoms with Gasteiger partial charge in [-0.25, -0.2) is 9.78 Å². The number of pyridine rings is 1. The molecule has 1 amide bonds. The standard InChI is InChI=1S/C15H15N3O3/c1-2-17-14(19)10-5-3-4-9(6-10)12-8-18-13(16)7-11(12)15(20)21/h3-8H,2H2,1H3,(H2,16,18)(H,17,19)(H,20,21). The van der Waals surface area contributed by atoms with Crippen LogP contribution in [0.15, 0.2) is 36.5 Å². The Morgan fingerprint density at radius 2 is 2.10 bits per heavy atom. The zero-order chi connectivity index (χ0) is 15.4. The van der Waals surface area contributed by atoms with Crippen molar-refractivity contribution in [2.45, 2.75) is 6.92 Å². The van der Waals surface area contributed by atoms with Crippen molar-refractivity contribution >= 4 is 17.7 Å². The van der Waals surface area contributed by atoms with Crippen molar-refractivity contribution in [1.29, 1.82) is 0 Å². The number of anilines is 1. The van der Waals surface area contributed by atoms with Gasteiger partial charge in [0, 0.05) is 23.9 Å². The molecule has 0 spiro atoms. The lowest BCUT2D eigenvalue weighted by Crippen LogP contribution is -2.22. The van der Waals surface area contributed by atoms with E-state index in [9.17, 15) is 14.7 Å². The summed E-state index contributed by atoms with van der Waals surface area (Å²) in [6.07, 6.45) is 1.40. The highest BCUT2D eigenvalue weighted by Crippen LogP contribution is 2.25. The van der Waals surface area contributed by atoms with Crippen molar-refractivity contribution in [3.05, 3.63) is 47.7 Å². The molecule has 2 aromatic rings. The monoisotopic (exact) mass is 285 g/mol. The minimum Gasteiger partial charge on any atom is -0.478 e. The van der Waals surface area contributed by atoms with Crippen LogP contribution in [0.1, 0.15) is 27.6 Å². The average Bonchev–Trinajstić information content (AvgIpc) is 2.47. The Labute approximate surface area is 121 Å². The van der Waals surface area contributed by atoms with E-state index < -0.39 is 5.97 Å². The molecule has 0 saturated carbocycles. The van der Waals surface area contributed by atoms with Crippen molar-refractivity contribution in [3.63, 3.8) is 0 Å². The summed E-state index contributed by atoms with van der Waals surface area (Å²) in [5, 5.41) is 11.9. The molecule has 0 aliphatic carbocycles. The van der Waals surface area contributed by atoms with E-state index in [1.54, 1.807) is 24.3 Å². The summed E-state index contributed by atoms with van der Waals surface area (Å²) >= 11 is 0. The first-order chi connectivity index (χ1) is 10.0. The van der Waals surface area contributed by atoms with Crippen LogP contribution in [-0.4, -0.2) is 28.5 Å². The third-order valence-electron chi connectivity index (χ3n) is 2.93. The molecule has 6 heteroatoms. The number of aromatic carboxylic acids is 1. The molecular weight excluding hydrogens is 270 g/mol. The van der Waals surface area contributed by atoms with Crippen molar-refractivity contribution in [2.75, 3.05) is 12.3 Å². The number of carbonyl (C=O) groups excluding carboxylic acids is 1. The van der Waals surface area contributed by atoms with Gasteiger partial charge in [0.15, 0.2) is 0 Å². The number of carboxylic acid groups (broad SMARTS) is 1. The maximum atomic E-state index is 11.8. The van der Waals surface area contributed by atoms with Crippen LogP contribution in [0.4, 0.5) is 5.82 Å². The molecule has 0 bridgehead atoms. The minimum atomic E-state index is -1.09. The summed E-state index contributed by atoms with van der Waals surface area (Å²) in [6, 6.07) is 8.02. The van der Waals surface area contributed by atoms with Gasteiger partial charge in [0.2, 0.25) is 0 Å². The second-order valence-corrected chi connectivity index (χ2v) is 4.40. The number of carbonyl (C=O) groups is 2. The van der Waals surface area contributed by atoms with Gasteiger partial charge in [-0.15, -0.1) is 0 Å². The Hall–Kier alpha value is -2.89. The number of carboxylic acids is 1. The maximum absolute atomic E-state index is 11.8. The lowest BCUT2D eigenvalue weighted by atomic mass is 9.99. The van der Waals surface area contributed by atoms with E-state index in [1.807, 2.05) is 6.92 Å². The van der Waals surface area contributed by atoms with E-state index in [0.717, 1.165) is 0 Å². The first-order valence-corrected chi connectivity index (χ1v) is 6.40. The molecular formula is C15H15N3O3. The van der Waals surface area contributed by atoms with E-state index in [-0.39, 0.29) is 17.3 Å². The predicted molar refractivity (Wildman–Crippen MR) is 79.1 cm³/mol. The molecule has 0 aliphatic rings. The van der Waals surface area contributed by atoms with Gasteiger partial charge in [-0.1, -0.05) is 12.1 Å². The molecule has 1 aromatic heterocycles. The van der Waals surface area contributed by atoms with Crippen molar-refractivity contribution in [1.82, 2.24) is 10.3 Å². The molecule has 6 nitrogen and oxygen atoms in total. The first-order valence-electron chi connectivity index (χ1n) is 6.40. The molecule has 0 radical (unpaired) electrons. The molecule has 0 unspecified atom stereocenters. The van der Waals surface area contributed by atoms with E-state index in [4.69, 9.17) is 5.73 Å². The third-order valence-corrected chi connectivity index (χ3v) is 2.93. The molecule has 0 atom stereocenters. The van der Waals surface area contributed by atoms with Gasteiger partial charge in [-0.05, 0) is 30.7 Å². The van der Waals surface area contributed by atoms with Gasteiger partial charge >= 0.3 is 5.97 Å². The van der Waals surface area contributed by atoms with Crippen LogP contribution in [0.3, 0.4) is 0 Å². The third kappa shape index (κ3) is 3.17. The highest BCUT2D eigenvalue weighted by atomic mass is 16.4. The topological polar surface area (TPSA) is 105 Å². The van der Waals surface area contributed by atoms with Gasteiger partial charge in [-0.2, -0.15) is 0 Å². The molecule has 4 N–H and O–H groups in total. The number of nitrogen functional groups attached to an aromatic ring is 1. The second kappa shape index (κ2) is 6.04. The van der Waals surface area contributed by atoms with Crippen LogP contribution < -0.4 is 11.1 Å². The van der Waals surface area contributed by atoms with Crippen LogP contribution in [-0.2, 0) is 0 Å². The second-order valence-electron chi connectivity index (χ2n) is 4.40. The van der Waals surface area contributed by atoms with E-state index in [1.165, 1.54) is 12.3 Å². The van der Waals surface area contributed by atoms with Crippen LogP contribution in [0.2, 0.25) is 0 Å². The molecule has 21 heavy (non-hydrogen) atoms. The Balaban J connectivity index is 2.50. The maximum Gasteiger partial charge on any atom is 0.336 e. The first kappa shape index (κ1) is 14.5. The Morgan fingerprint density at radius 3 is 2.76 bits per heavy atom. The lowest BCUT2D eigenvalue weighted by Gasteiger charge is -2.09. The van der Waals surface area contributed by atoms with E-state index in [2.05, 4.69) is 10.3 Å². The van der Waals surface area contributed by atoms with Gasteiger partial charge < -0.3 is 16.2 Å². The van der Waals surface area contributed by atoms with E-state index in [0.29, 0.717) is 23.2 Å². The minimum absolute atomic E-state index is 0.0514. The summed E-state index contributed by atoms with van der Waals surface area (Å²) in [5.41, 5.74) is 7.05. The number of rotatable bonds is 4. The van der Waals surface area contributed by atoms with Gasteiger partial charge in [-0.3, -0.25) is 4.79 Å². The predicted octanol–water partition coefficient (Wildman–Crippen LogP) is 1.78. The Bertz CT molecular complexity index is 698. The number of hydrogen-bond acceptors (Lipinski definition) is 4. The average molecular weight is 285 g/mol. The zero-order valence-electron chi connectivity index (χ0n) is 11.5. The number of aromatic nitrogens is 1. The molecule has 1 aromatic carbocycles. The molecule has 108 valence electrons. The summed E-state index contributed by atoms with van der Waals surface area (Å²) in [5.74, 6) is -1.17. The van der Waals surface area contributed by atoms with Gasteiger partial charge in [0.05, 0.1) is 5.56 Å². The van der Waals surface area contributed by atoms with Crippen LogP contribution in [0.5, 0.6) is 0 Å². The number of hydrogen-bond donors (Lipinski definition) is 3. The van der Waals surface area contributed by atoms with Gasteiger partial charge in [0.25, 0.3) is 5.91 Å². The van der Waals surface area contributed by atoms with Crippen molar-refractivity contribution < 1.29 is 14.7 Å². The number of nitrogens with one attached hydrogen (secondary N) is 1. The molecule has 2 rings (SSSR count). The number of nitrogens with two attached hydrogens (primary N) is 1. The largest absolute Gasteiger partial charge is 0.478 e. The number of benzene rings is 1. The van der Waals surface area contributed by atoms with E-state index >= 15 is 0 Å². The van der Waals surface area contributed by atoms with Crippen LogP contribution >= 0.6 is 0 Å². The lowest BCUT2D eigenvalue weighted by molar-refractivity contribution is 0.0697. The summed E-state index contributed by atoms with van der Waals surface area (Å²) < 4.78 is 0.